The molecule has 2 aromatic rings. The quantitative estimate of drug-likeness (QED) is 0.894. The SMILES string of the molecule is CC(C)c1nnnn1CC(=O)N1CCC(C(O)c2ccccc2)CC1. The number of nitrogens with zero attached hydrogens (tertiary/aromatic N) is 5. The summed E-state index contributed by atoms with van der Waals surface area (Å²) in [6.45, 7) is 5.50. The molecule has 134 valence electrons. The topological polar surface area (TPSA) is 84.1 Å². The smallest absolute Gasteiger partial charge is 0.244 e. The van der Waals surface area contributed by atoms with E-state index in [0.717, 1.165) is 24.2 Å². The first kappa shape index (κ1) is 17.5. The largest absolute Gasteiger partial charge is 0.388 e. The van der Waals surface area contributed by atoms with Crippen LogP contribution in [0.5, 0.6) is 0 Å². The highest BCUT2D eigenvalue weighted by atomic mass is 16.3. The van der Waals surface area contributed by atoms with Crippen LogP contribution in [0.1, 0.15) is 50.1 Å². The van der Waals surface area contributed by atoms with E-state index >= 15 is 0 Å². The fraction of sp³-hybridized carbons (Fsp3) is 0.556. The van der Waals surface area contributed by atoms with Crippen LogP contribution < -0.4 is 0 Å². The van der Waals surface area contributed by atoms with Gasteiger partial charge in [0.05, 0.1) is 6.10 Å². The Morgan fingerprint density at radius 1 is 1.24 bits per heavy atom. The summed E-state index contributed by atoms with van der Waals surface area (Å²) in [5.74, 6) is 1.12. The summed E-state index contributed by atoms with van der Waals surface area (Å²) in [7, 11) is 0. The summed E-state index contributed by atoms with van der Waals surface area (Å²) in [5.41, 5.74) is 0.947. The van der Waals surface area contributed by atoms with Crippen molar-refractivity contribution in [2.75, 3.05) is 13.1 Å². The van der Waals surface area contributed by atoms with E-state index in [4.69, 9.17) is 0 Å². The molecule has 2 heterocycles. The number of tetrazole rings is 1. The molecule has 7 heteroatoms. The van der Waals surface area contributed by atoms with Gasteiger partial charge in [-0.3, -0.25) is 4.79 Å². The predicted octanol–water partition coefficient (Wildman–Crippen LogP) is 1.77. The van der Waals surface area contributed by atoms with Crippen molar-refractivity contribution in [3.05, 3.63) is 41.7 Å². The predicted molar refractivity (Wildman–Crippen MR) is 92.6 cm³/mol. The van der Waals surface area contributed by atoms with Crippen LogP contribution in [0.3, 0.4) is 0 Å². The number of aliphatic hydroxyl groups is 1. The summed E-state index contributed by atoms with van der Waals surface area (Å²) in [5, 5.41) is 22.1. The molecule has 7 nitrogen and oxygen atoms in total. The van der Waals surface area contributed by atoms with Gasteiger partial charge in [0.15, 0.2) is 5.82 Å². The zero-order valence-corrected chi connectivity index (χ0v) is 14.7. The molecule has 1 N–H and O–H groups in total. The Morgan fingerprint density at radius 3 is 2.56 bits per heavy atom. The van der Waals surface area contributed by atoms with E-state index in [0.29, 0.717) is 13.1 Å². The lowest BCUT2D eigenvalue weighted by Crippen LogP contribution is -2.41. The number of aliphatic hydroxyl groups excluding tert-OH is 1. The molecule has 0 radical (unpaired) electrons. The lowest BCUT2D eigenvalue weighted by atomic mass is 9.87. The van der Waals surface area contributed by atoms with E-state index in [1.807, 2.05) is 49.1 Å². The molecule has 1 aromatic heterocycles. The Kier molecular flexibility index (Phi) is 5.43. The molecule has 1 atom stereocenters. The van der Waals surface area contributed by atoms with Crippen molar-refractivity contribution in [3.63, 3.8) is 0 Å². The third kappa shape index (κ3) is 4.04. The van der Waals surface area contributed by atoms with Crippen molar-refractivity contribution in [1.29, 1.82) is 0 Å². The summed E-state index contributed by atoms with van der Waals surface area (Å²) in [6.07, 6.45) is 1.13. The normalized spacial score (nSPS) is 17.0. The molecule has 1 aliphatic heterocycles. The van der Waals surface area contributed by atoms with Gasteiger partial charge in [0.2, 0.25) is 5.91 Å². The summed E-state index contributed by atoms with van der Waals surface area (Å²) in [6, 6.07) is 9.73. The number of hydrogen-bond acceptors (Lipinski definition) is 5. The highest BCUT2D eigenvalue weighted by Gasteiger charge is 2.28. The lowest BCUT2D eigenvalue weighted by molar-refractivity contribution is -0.134. The van der Waals surface area contributed by atoms with Crippen LogP contribution in [0, 0.1) is 5.92 Å². The van der Waals surface area contributed by atoms with Gasteiger partial charge >= 0.3 is 0 Å². The minimum atomic E-state index is -0.467. The van der Waals surface area contributed by atoms with Crippen molar-refractivity contribution < 1.29 is 9.90 Å². The van der Waals surface area contributed by atoms with E-state index in [1.54, 1.807) is 4.68 Å². The molecule has 1 fully saturated rings. The highest BCUT2D eigenvalue weighted by Crippen LogP contribution is 2.30. The van der Waals surface area contributed by atoms with Gasteiger partial charge in [-0.2, -0.15) is 0 Å². The number of likely N-dealkylation sites (tertiary alicyclic amines) is 1. The van der Waals surface area contributed by atoms with Crippen molar-refractivity contribution in [3.8, 4) is 0 Å². The standard InChI is InChI=1S/C18H25N5O2/c1-13(2)18-19-20-21-23(18)12-16(24)22-10-8-15(9-11-22)17(25)14-6-4-3-5-7-14/h3-7,13,15,17,25H,8-12H2,1-2H3. The minimum absolute atomic E-state index is 0.0295. The van der Waals surface area contributed by atoms with Crippen LogP contribution in [0.4, 0.5) is 0 Å². The highest BCUT2D eigenvalue weighted by molar-refractivity contribution is 5.76. The summed E-state index contributed by atoms with van der Waals surface area (Å²) >= 11 is 0. The van der Waals surface area contributed by atoms with Gasteiger partial charge in [-0.15, -0.1) is 5.10 Å². The molecule has 0 aliphatic carbocycles. The van der Waals surface area contributed by atoms with Crippen molar-refractivity contribution in [2.24, 2.45) is 5.92 Å². The molecule has 1 saturated heterocycles. The first-order valence-electron chi connectivity index (χ1n) is 8.83. The van der Waals surface area contributed by atoms with Crippen LogP contribution >= 0.6 is 0 Å². The van der Waals surface area contributed by atoms with Gasteiger partial charge in [-0.25, -0.2) is 4.68 Å². The first-order chi connectivity index (χ1) is 12.1. The molecule has 0 bridgehead atoms. The monoisotopic (exact) mass is 343 g/mol. The van der Waals surface area contributed by atoms with Crippen LogP contribution in [0.25, 0.3) is 0 Å². The Labute approximate surface area is 147 Å². The Morgan fingerprint density at radius 2 is 1.92 bits per heavy atom. The molecule has 1 unspecified atom stereocenters. The number of rotatable bonds is 5. The lowest BCUT2D eigenvalue weighted by Gasteiger charge is -2.34. The second kappa shape index (κ2) is 7.74. The van der Waals surface area contributed by atoms with E-state index in [-0.39, 0.29) is 24.3 Å². The van der Waals surface area contributed by atoms with Gasteiger partial charge in [0.25, 0.3) is 0 Å². The number of carbonyl (C=O) groups excluding carboxylic acids is 1. The number of hydrogen-bond donors (Lipinski definition) is 1. The van der Waals surface area contributed by atoms with Gasteiger partial charge in [-0.1, -0.05) is 44.2 Å². The number of piperidine rings is 1. The zero-order valence-electron chi connectivity index (χ0n) is 14.7. The average molecular weight is 343 g/mol. The van der Waals surface area contributed by atoms with Crippen molar-refractivity contribution in [1.82, 2.24) is 25.1 Å². The maximum absolute atomic E-state index is 12.5. The molecule has 25 heavy (non-hydrogen) atoms. The van der Waals surface area contributed by atoms with Crippen LogP contribution in [0.2, 0.25) is 0 Å². The molecule has 0 saturated carbocycles. The number of amides is 1. The van der Waals surface area contributed by atoms with E-state index in [2.05, 4.69) is 15.5 Å². The van der Waals surface area contributed by atoms with Crippen molar-refractivity contribution >= 4 is 5.91 Å². The molecule has 3 rings (SSSR count). The van der Waals surface area contributed by atoms with Crippen LogP contribution in [-0.2, 0) is 11.3 Å². The van der Waals surface area contributed by atoms with E-state index in [9.17, 15) is 9.90 Å². The van der Waals surface area contributed by atoms with Gasteiger partial charge in [0, 0.05) is 19.0 Å². The Bertz CT molecular complexity index is 693. The first-order valence-corrected chi connectivity index (χ1v) is 8.83. The second-order valence-electron chi connectivity index (χ2n) is 6.92. The van der Waals surface area contributed by atoms with Crippen LogP contribution in [-0.4, -0.2) is 49.2 Å². The number of aromatic nitrogens is 4. The van der Waals surface area contributed by atoms with Crippen LogP contribution in [0.15, 0.2) is 30.3 Å². The fourth-order valence-electron chi connectivity index (χ4n) is 3.35. The zero-order chi connectivity index (χ0) is 17.8. The molecular weight excluding hydrogens is 318 g/mol. The molecule has 1 aliphatic rings. The van der Waals surface area contributed by atoms with E-state index in [1.165, 1.54) is 0 Å². The molecule has 1 aromatic carbocycles. The number of carbonyl (C=O) groups is 1. The molecular formula is C18H25N5O2. The second-order valence-corrected chi connectivity index (χ2v) is 6.92. The number of benzene rings is 1. The summed E-state index contributed by atoms with van der Waals surface area (Å²) < 4.78 is 1.58. The Hall–Kier alpha value is -2.28. The third-order valence-electron chi connectivity index (χ3n) is 4.84. The maximum Gasteiger partial charge on any atom is 0.244 e. The average Bonchev–Trinajstić information content (AvgIpc) is 3.10. The van der Waals surface area contributed by atoms with Gasteiger partial charge in [-0.05, 0) is 34.7 Å². The van der Waals surface area contributed by atoms with E-state index < -0.39 is 6.10 Å². The summed E-state index contributed by atoms with van der Waals surface area (Å²) in [4.78, 5) is 14.4. The molecule has 0 spiro atoms. The third-order valence-corrected chi connectivity index (χ3v) is 4.84. The molecule has 1 amide bonds. The fourth-order valence-corrected chi connectivity index (χ4v) is 3.35. The van der Waals surface area contributed by atoms with Crippen molar-refractivity contribution in [2.45, 2.75) is 45.3 Å². The Balaban J connectivity index is 1.55. The van der Waals surface area contributed by atoms with Gasteiger partial charge < -0.3 is 10.0 Å². The maximum atomic E-state index is 12.5. The van der Waals surface area contributed by atoms with Gasteiger partial charge in [0.1, 0.15) is 6.54 Å². The minimum Gasteiger partial charge on any atom is -0.388 e.